The van der Waals surface area contributed by atoms with E-state index in [1.165, 1.54) is 0 Å². The molecule has 1 aliphatic heterocycles. The van der Waals surface area contributed by atoms with Crippen molar-refractivity contribution in [2.45, 2.75) is 39.7 Å². The van der Waals surface area contributed by atoms with Crippen LogP contribution in [-0.2, 0) is 9.59 Å². The first kappa shape index (κ1) is 16.4. The Morgan fingerprint density at radius 1 is 1.12 bits per heavy atom. The Balaban J connectivity index is 1.32. The van der Waals surface area contributed by atoms with Crippen LogP contribution in [0.25, 0.3) is 0 Å². The van der Waals surface area contributed by atoms with Gasteiger partial charge in [0.2, 0.25) is 5.91 Å². The zero-order valence-corrected chi connectivity index (χ0v) is 15.2. The maximum Gasteiger partial charge on any atom is 0.263 e. The van der Waals surface area contributed by atoms with Crippen molar-refractivity contribution < 1.29 is 14.3 Å². The van der Waals surface area contributed by atoms with Gasteiger partial charge in [0.1, 0.15) is 5.75 Å². The van der Waals surface area contributed by atoms with Crippen molar-refractivity contribution in [1.82, 2.24) is 9.80 Å². The molecule has 2 amide bonds. The number of fused-ring (bicyclic) bond motifs is 1. The zero-order valence-electron chi connectivity index (χ0n) is 15.2. The van der Waals surface area contributed by atoms with Crippen molar-refractivity contribution in [3.8, 4) is 5.75 Å². The van der Waals surface area contributed by atoms with Gasteiger partial charge in [-0.05, 0) is 56.7 Å². The van der Waals surface area contributed by atoms with Crippen LogP contribution in [0.15, 0.2) is 18.2 Å². The lowest BCUT2D eigenvalue weighted by molar-refractivity contribution is -0.145. The number of nitrogens with zero attached hydrogens (tertiary/aromatic N) is 2. The van der Waals surface area contributed by atoms with Gasteiger partial charge in [0.15, 0.2) is 6.10 Å². The number of carbonyl (C=O) groups excluding carboxylic acids is 2. The van der Waals surface area contributed by atoms with E-state index in [4.69, 9.17) is 4.74 Å². The molecule has 0 radical (unpaired) electrons. The molecule has 1 aromatic rings. The molecule has 1 unspecified atom stereocenters. The van der Waals surface area contributed by atoms with Crippen molar-refractivity contribution in [1.29, 1.82) is 0 Å². The average molecular weight is 342 g/mol. The molecular weight excluding hydrogens is 316 g/mol. The van der Waals surface area contributed by atoms with E-state index in [-0.39, 0.29) is 11.3 Å². The first-order valence-electron chi connectivity index (χ1n) is 9.23. The Kier molecular flexibility index (Phi) is 3.78. The number of amides is 2. The van der Waals surface area contributed by atoms with Gasteiger partial charge in [-0.25, -0.2) is 0 Å². The fraction of sp³-hybridized carbons (Fsp3) is 0.600. The minimum Gasteiger partial charge on any atom is -0.481 e. The Hall–Kier alpha value is -2.04. The number of hydrogen-bond acceptors (Lipinski definition) is 3. The molecule has 5 nitrogen and oxygen atoms in total. The largest absolute Gasteiger partial charge is 0.481 e. The molecule has 2 aliphatic carbocycles. The normalized spacial score (nSPS) is 28.2. The molecule has 3 aliphatic rings. The molecule has 2 saturated carbocycles. The third-order valence-corrected chi connectivity index (χ3v) is 5.98. The summed E-state index contributed by atoms with van der Waals surface area (Å²) < 4.78 is 5.91. The van der Waals surface area contributed by atoms with E-state index in [9.17, 15) is 9.59 Å². The summed E-state index contributed by atoms with van der Waals surface area (Å²) in [7, 11) is 0. The Morgan fingerprint density at radius 3 is 2.32 bits per heavy atom. The zero-order chi connectivity index (χ0) is 17.8. The monoisotopic (exact) mass is 342 g/mol. The van der Waals surface area contributed by atoms with Gasteiger partial charge in [-0.3, -0.25) is 9.59 Å². The van der Waals surface area contributed by atoms with Gasteiger partial charge in [0, 0.05) is 26.2 Å². The summed E-state index contributed by atoms with van der Waals surface area (Å²) >= 11 is 0. The summed E-state index contributed by atoms with van der Waals surface area (Å²) in [6, 6.07) is 6.01. The number of hydrogen-bond donors (Lipinski definition) is 0. The molecule has 1 atom stereocenters. The second-order valence-corrected chi connectivity index (χ2v) is 7.91. The molecular formula is C20H26N2O3. The first-order chi connectivity index (χ1) is 11.9. The van der Waals surface area contributed by atoms with E-state index in [2.05, 4.69) is 0 Å². The van der Waals surface area contributed by atoms with Crippen LogP contribution in [0.3, 0.4) is 0 Å². The predicted octanol–water partition coefficient (Wildman–Crippen LogP) is 2.15. The second-order valence-electron chi connectivity index (χ2n) is 7.91. The third-order valence-electron chi connectivity index (χ3n) is 5.98. The lowest BCUT2D eigenvalue weighted by Gasteiger charge is -2.36. The molecule has 134 valence electrons. The van der Waals surface area contributed by atoms with Crippen molar-refractivity contribution >= 4 is 11.8 Å². The molecule has 4 rings (SSSR count). The first-order valence-corrected chi connectivity index (χ1v) is 9.23. The molecule has 3 fully saturated rings. The molecule has 1 saturated heterocycles. The van der Waals surface area contributed by atoms with Crippen LogP contribution in [0.1, 0.15) is 30.9 Å². The van der Waals surface area contributed by atoms with Crippen LogP contribution in [0.5, 0.6) is 5.75 Å². The maximum atomic E-state index is 12.7. The highest BCUT2D eigenvalue weighted by molar-refractivity contribution is 5.90. The van der Waals surface area contributed by atoms with E-state index >= 15 is 0 Å². The fourth-order valence-electron chi connectivity index (χ4n) is 3.83. The van der Waals surface area contributed by atoms with Crippen LogP contribution < -0.4 is 4.74 Å². The van der Waals surface area contributed by atoms with Crippen LogP contribution >= 0.6 is 0 Å². The van der Waals surface area contributed by atoms with Gasteiger partial charge in [-0.15, -0.1) is 0 Å². The third kappa shape index (κ3) is 2.90. The summed E-state index contributed by atoms with van der Waals surface area (Å²) in [6.07, 6.45) is 1.66. The molecule has 5 heteroatoms. The van der Waals surface area contributed by atoms with Crippen LogP contribution in [0.4, 0.5) is 0 Å². The lowest BCUT2D eigenvalue weighted by atomic mass is 10.1. The molecule has 0 spiro atoms. The van der Waals surface area contributed by atoms with Gasteiger partial charge >= 0.3 is 0 Å². The Bertz CT molecular complexity index is 716. The highest BCUT2D eigenvalue weighted by atomic mass is 16.5. The van der Waals surface area contributed by atoms with E-state index in [0.29, 0.717) is 38.0 Å². The molecule has 1 aromatic carbocycles. The molecule has 1 heterocycles. The number of carbonyl (C=O) groups is 2. The topological polar surface area (TPSA) is 49.9 Å². The molecule has 25 heavy (non-hydrogen) atoms. The highest BCUT2D eigenvalue weighted by Crippen LogP contribution is 2.75. The fourth-order valence-corrected chi connectivity index (χ4v) is 3.83. The van der Waals surface area contributed by atoms with Crippen molar-refractivity contribution in [2.75, 3.05) is 26.2 Å². The van der Waals surface area contributed by atoms with Crippen LogP contribution in [0.2, 0.25) is 0 Å². The molecule has 0 bridgehead atoms. The van der Waals surface area contributed by atoms with Crippen molar-refractivity contribution in [3.05, 3.63) is 29.3 Å². The SMILES string of the molecule is Cc1ccc(C)c(OC(C)C(=O)N2CCN(C(=O)C34CC3C4)CC2)c1. The highest BCUT2D eigenvalue weighted by Gasteiger charge is 2.75. The maximum absolute atomic E-state index is 12.7. The van der Waals surface area contributed by atoms with Gasteiger partial charge in [-0.2, -0.15) is 0 Å². The minimum absolute atomic E-state index is 0.00175. The second kappa shape index (κ2) is 5.75. The number of benzene rings is 1. The van der Waals surface area contributed by atoms with Crippen LogP contribution in [0, 0.1) is 25.2 Å². The Morgan fingerprint density at radius 2 is 1.72 bits per heavy atom. The predicted molar refractivity (Wildman–Crippen MR) is 94.3 cm³/mol. The smallest absolute Gasteiger partial charge is 0.263 e. The van der Waals surface area contributed by atoms with Gasteiger partial charge in [0.05, 0.1) is 5.41 Å². The van der Waals surface area contributed by atoms with Crippen molar-refractivity contribution in [3.63, 3.8) is 0 Å². The summed E-state index contributed by atoms with van der Waals surface area (Å²) in [5, 5.41) is 0. The number of aryl methyl sites for hydroxylation is 2. The van der Waals surface area contributed by atoms with Gasteiger partial charge in [0.25, 0.3) is 5.91 Å². The average Bonchev–Trinajstić information content (AvgIpc) is 3.47. The Labute approximate surface area is 148 Å². The van der Waals surface area contributed by atoms with Gasteiger partial charge in [-0.1, -0.05) is 12.1 Å². The van der Waals surface area contributed by atoms with E-state index in [1.807, 2.05) is 41.8 Å². The standard InChI is InChI=1S/C20H26N2O3/c1-13-4-5-14(2)17(10-13)25-15(3)18(23)21-6-8-22(9-7-21)19(24)20-11-16(20)12-20/h4-5,10,15-16H,6-9,11-12H2,1-3H3. The van der Waals surface area contributed by atoms with Crippen LogP contribution in [-0.4, -0.2) is 53.9 Å². The summed E-state index contributed by atoms with van der Waals surface area (Å²) in [5.41, 5.74) is 2.18. The molecule has 0 aromatic heterocycles. The van der Waals surface area contributed by atoms with E-state index in [0.717, 1.165) is 29.7 Å². The number of piperazine rings is 1. The van der Waals surface area contributed by atoms with Crippen molar-refractivity contribution in [2.24, 2.45) is 11.3 Å². The molecule has 0 N–H and O–H groups in total. The van der Waals surface area contributed by atoms with Gasteiger partial charge < -0.3 is 14.5 Å². The summed E-state index contributed by atoms with van der Waals surface area (Å²) in [5.74, 6) is 1.76. The minimum atomic E-state index is -0.516. The van der Waals surface area contributed by atoms with E-state index in [1.54, 1.807) is 6.92 Å². The summed E-state index contributed by atoms with van der Waals surface area (Å²) in [4.78, 5) is 28.9. The summed E-state index contributed by atoms with van der Waals surface area (Å²) in [6.45, 7) is 8.30. The number of rotatable bonds is 4. The lowest BCUT2D eigenvalue weighted by Crippen LogP contribution is -2.54. The number of ether oxygens (including phenoxy) is 1. The van der Waals surface area contributed by atoms with E-state index < -0.39 is 6.10 Å². The quantitative estimate of drug-likeness (QED) is 0.842.